The number of nitrogens with one attached hydrogen (secondary N) is 4. The van der Waals surface area contributed by atoms with E-state index < -0.39 is 11.6 Å². The highest BCUT2D eigenvalue weighted by molar-refractivity contribution is 6.31. The first kappa shape index (κ1) is 40.3. The van der Waals surface area contributed by atoms with Crippen LogP contribution >= 0.6 is 23.2 Å². The Hall–Kier alpha value is -5.48. The lowest BCUT2D eigenvalue weighted by Gasteiger charge is -2.34. The largest absolute Gasteiger partial charge is 0.363 e. The van der Waals surface area contributed by atoms with Gasteiger partial charge in [0.2, 0.25) is 11.8 Å². The molecule has 2 atom stereocenters. The Labute approximate surface area is 349 Å². The zero-order valence-corrected chi connectivity index (χ0v) is 34.1. The van der Waals surface area contributed by atoms with Crippen molar-refractivity contribution < 1.29 is 18.4 Å². The van der Waals surface area contributed by atoms with E-state index in [0.717, 1.165) is 74.8 Å². The van der Waals surface area contributed by atoms with E-state index in [2.05, 4.69) is 50.5 Å². The molecule has 8 heterocycles. The maximum atomic E-state index is 14.5. The summed E-state index contributed by atoms with van der Waals surface area (Å²) in [5.74, 6) is 0.856. The summed E-state index contributed by atoms with van der Waals surface area (Å²) >= 11 is 12.1. The summed E-state index contributed by atoms with van der Waals surface area (Å²) in [5.41, 5.74) is 2.71. The molecule has 2 saturated heterocycles. The lowest BCUT2D eigenvalue weighted by atomic mass is 10.0. The van der Waals surface area contributed by atoms with Crippen molar-refractivity contribution in [2.75, 3.05) is 36.8 Å². The fourth-order valence-corrected chi connectivity index (χ4v) is 7.91. The normalized spacial score (nSPS) is 18.2. The van der Waals surface area contributed by atoms with Crippen molar-refractivity contribution in [1.29, 1.82) is 0 Å². The first-order valence-corrected chi connectivity index (χ1v) is 20.6. The predicted octanol–water partition coefficient (Wildman–Crippen LogP) is 7.89. The van der Waals surface area contributed by atoms with Gasteiger partial charge >= 0.3 is 0 Å². The van der Waals surface area contributed by atoms with Crippen LogP contribution in [0.1, 0.15) is 58.8 Å². The van der Waals surface area contributed by atoms with E-state index in [1.54, 1.807) is 36.9 Å². The molecule has 308 valence electrons. The zero-order chi connectivity index (χ0) is 41.2. The molecular weight excluding hydrogens is 801 g/mol. The number of rotatable bonds is 9. The highest BCUT2D eigenvalue weighted by Gasteiger charge is 2.35. The number of hydrogen-bond donors (Lipinski definition) is 4. The van der Waals surface area contributed by atoms with E-state index in [4.69, 9.17) is 23.2 Å². The van der Waals surface area contributed by atoms with Crippen LogP contribution in [0.3, 0.4) is 0 Å². The predicted molar refractivity (Wildman–Crippen MR) is 223 cm³/mol. The maximum absolute atomic E-state index is 14.5. The second kappa shape index (κ2) is 17.4. The van der Waals surface area contributed by atoms with Gasteiger partial charge in [0.15, 0.2) is 34.9 Å². The number of aromatic nitrogens is 8. The Kier molecular flexibility index (Phi) is 11.9. The lowest BCUT2D eigenvalue weighted by Crippen LogP contribution is -2.45. The number of halogens is 4. The number of nitrogens with zero attached hydrogens (tertiary/aromatic N) is 8. The van der Waals surface area contributed by atoms with Crippen molar-refractivity contribution in [3.63, 3.8) is 0 Å². The minimum atomic E-state index is -0.527. The summed E-state index contributed by atoms with van der Waals surface area (Å²) in [6.07, 6.45) is 14.9. The number of anilines is 2. The molecule has 2 amide bonds. The summed E-state index contributed by atoms with van der Waals surface area (Å²) < 4.78 is 28.9. The van der Waals surface area contributed by atoms with E-state index in [9.17, 15) is 18.4 Å². The molecule has 14 nitrogen and oxygen atoms in total. The van der Waals surface area contributed by atoms with Crippen LogP contribution in [0.15, 0.2) is 49.3 Å². The molecule has 1 saturated carbocycles. The summed E-state index contributed by atoms with van der Waals surface area (Å²) in [4.78, 5) is 60.2. The van der Waals surface area contributed by atoms with Crippen LogP contribution in [0.2, 0.25) is 10.0 Å². The fourth-order valence-electron chi connectivity index (χ4n) is 7.59. The van der Waals surface area contributed by atoms with E-state index in [1.165, 1.54) is 0 Å². The van der Waals surface area contributed by atoms with Crippen LogP contribution in [0.4, 0.5) is 20.4 Å². The van der Waals surface area contributed by atoms with Gasteiger partial charge in [-0.2, -0.15) is 0 Å². The number of aromatic amines is 2. The second-order valence-electron chi connectivity index (χ2n) is 15.7. The third kappa shape index (κ3) is 9.38. The third-order valence-corrected chi connectivity index (χ3v) is 11.1. The Morgan fingerprint density at radius 1 is 0.746 bits per heavy atom. The van der Waals surface area contributed by atoms with Crippen molar-refractivity contribution in [2.45, 2.75) is 70.9 Å². The molecule has 4 N–H and O–H groups in total. The van der Waals surface area contributed by atoms with Crippen LogP contribution in [-0.2, 0) is 9.59 Å². The summed E-state index contributed by atoms with van der Waals surface area (Å²) in [7, 11) is 0. The summed E-state index contributed by atoms with van der Waals surface area (Å²) in [6.45, 7) is 6.68. The Balaban J connectivity index is 0.000000164. The molecule has 1 aliphatic carbocycles. The van der Waals surface area contributed by atoms with E-state index in [-0.39, 0.29) is 41.5 Å². The highest BCUT2D eigenvalue weighted by atomic mass is 35.5. The molecule has 6 aromatic heterocycles. The standard InChI is InChI=1S/C21H24ClFN6O.C20H20ClFN6O/c1-12(2)6-18(30)29-5-3-4-14(11-29)27-21-17(23)10-26-20(28-21)16-9-25-19-15(16)7-13(22)8-24-19;21-12-6-14-15(8-24-17(14)23-7-12)18-25-9-16(22)19(27-18)26-13-2-1-5-28(10-13)20(29)11-3-4-11/h7-10,12,14H,3-6,11H2,1-2H3,(H,24,25)(H,26,27,28);6-9,11,13H,1-5,10H2,(H,23,24)(H,25,26,27). The molecular formula is C41H44Cl2F2N12O2. The minimum absolute atomic E-state index is 0.0391. The van der Waals surface area contributed by atoms with Crippen molar-refractivity contribution in [3.05, 3.63) is 71.0 Å². The molecule has 0 spiro atoms. The molecule has 2 unspecified atom stereocenters. The van der Waals surface area contributed by atoms with Crippen LogP contribution < -0.4 is 10.6 Å². The molecule has 0 bridgehead atoms. The van der Waals surface area contributed by atoms with E-state index >= 15 is 0 Å². The maximum Gasteiger partial charge on any atom is 0.225 e. The van der Waals surface area contributed by atoms with Crippen molar-refractivity contribution >= 4 is 68.7 Å². The molecule has 3 aliphatic rings. The Morgan fingerprint density at radius 3 is 1.73 bits per heavy atom. The van der Waals surface area contributed by atoms with Gasteiger partial charge in [-0.25, -0.2) is 38.7 Å². The van der Waals surface area contributed by atoms with Gasteiger partial charge in [0, 0.05) is 97.3 Å². The minimum Gasteiger partial charge on any atom is -0.363 e. The van der Waals surface area contributed by atoms with Gasteiger partial charge in [-0.3, -0.25) is 9.59 Å². The van der Waals surface area contributed by atoms with Crippen molar-refractivity contribution in [1.82, 2.24) is 49.7 Å². The lowest BCUT2D eigenvalue weighted by molar-refractivity contribution is -0.134. The van der Waals surface area contributed by atoms with Crippen LogP contribution in [0.25, 0.3) is 44.8 Å². The number of H-pyrrole nitrogens is 2. The van der Waals surface area contributed by atoms with Crippen molar-refractivity contribution in [2.24, 2.45) is 11.8 Å². The van der Waals surface area contributed by atoms with Gasteiger partial charge in [-0.1, -0.05) is 37.0 Å². The first-order valence-electron chi connectivity index (χ1n) is 19.9. The molecule has 6 aromatic rings. The van der Waals surface area contributed by atoms with Gasteiger partial charge in [0.1, 0.15) is 11.3 Å². The SMILES string of the molecule is CC(C)CC(=O)N1CCCC(Nc2nc(-c3c[nH]c4ncc(Cl)cc34)ncc2F)C1.O=C(C1CC1)N1CCCC(Nc2nc(-c3c[nH]c4ncc(Cl)cc34)ncc2F)C1. The van der Waals surface area contributed by atoms with Crippen molar-refractivity contribution in [3.8, 4) is 22.8 Å². The number of hydrogen-bond acceptors (Lipinski definition) is 10. The van der Waals surface area contributed by atoms with Gasteiger partial charge < -0.3 is 30.4 Å². The van der Waals surface area contributed by atoms with Gasteiger partial charge in [0.25, 0.3) is 0 Å². The zero-order valence-electron chi connectivity index (χ0n) is 32.6. The molecule has 9 rings (SSSR count). The molecule has 59 heavy (non-hydrogen) atoms. The van der Waals surface area contributed by atoms with Gasteiger partial charge in [0.05, 0.1) is 22.4 Å². The molecule has 3 fully saturated rings. The topological polar surface area (TPSA) is 174 Å². The first-order chi connectivity index (χ1) is 28.5. The van der Waals surface area contributed by atoms with E-state index in [1.807, 2.05) is 23.6 Å². The van der Waals surface area contributed by atoms with E-state index in [0.29, 0.717) is 69.5 Å². The van der Waals surface area contributed by atoms with Crippen LogP contribution in [0, 0.1) is 23.5 Å². The number of pyridine rings is 2. The Bertz CT molecular complexity index is 2490. The fraction of sp³-hybridized carbons (Fsp3) is 0.415. The average Bonchev–Trinajstić information content (AvgIpc) is 3.87. The van der Waals surface area contributed by atoms with Gasteiger partial charge in [-0.05, 0) is 56.6 Å². The van der Waals surface area contributed by atoms with Crippen LogP contribution in [0.5, 0.6) is 0 Å². The molecule has 0 radical (unpaired) electrons. The Morgan fingerprint density at radius 2 is 1.24 bits per heavy atom. The number of amides is 2. The summed E-state index contributed by atoms with van der Waals surface area (Å²) in [5, 5.41) is 8.90. The number of carbonyl (C=O) groups is 2. The molecule has 0 aromatic carbocycles. The monoisotopic (exact) mass is 844 g/mol. The average molecular weight is 846 g/mol. The number of carbonyl (C=O) groups excluding carboxylic acids is 2. The number of piperidine rings is 2. The second-order valence-corrected chi connectivity index (χ2v) is 16.6. The summed E-state index contributed by atoms with van der Waals surface area (Å²) in [6, 6.07) is 3.45. The number of likely N-dealkylation sites (tertiary alicyclic amines) is 2. The highest BCUT2D eigenvalue weighted by Crippen LogP contribution is 2.33. The van der Waals surface area contributed by atoms with Crippen LogP contribution in [-0.4, -0.2) is 99.7 Å². The third-order valence-electron chi connectivity index (χ3n) is 10.7. The molecule has 2 aliphatic heterocycles. The smallest absolute Gasteiger partial charge is 0.225 e. The number of fused-ring (bicyclic) bond motifs is 2. The quantitative estimate of drug-likeness (QED) is 0.112. The molecule has 18 heteroatoms. The van der Waals surface area contributed by atoms with Gasteiger partial charge in [-0.15, -0.1) is 0 Å².